The number of hydrogen-bond donors (Lipinski definition) is 1. The van der Waals surface area contributed by atoms with E-state index in [9.17, 15) is 13.5 Å². The number of benzene rings is 1. The first-order valence-electron chi connectivity index (χ1n) is 6.81. The second-order valence-corrected chi connectivity index (χ2v) is 7.73. The van der Waals surface area contributed by atoms with Gasteiger partial charge in [0.25, 0.3) is 10.2 Å². The van der Waals surface area contributed by atoms with E-state index < -0.39 is 15.8 Å². The molecule has 0 aromatic heterocycles. The van der Waals surface area contributed by atoms with E-state index in [-0.39, 0.29) is 13.1 Å². The molecule has 1 atom stereocenters. The fourth-order valence-electron chi connectivity index (χ4n) is 2.41. The van der Waals surface area contributed by atoms with Crippen LogP contribution < -0.4 is 4.74 Å². The molecule has 6 nitrogen and oxygen atoms in total. The Bertz CT molecular complexity index is 601. The standard InChI is InChI=1S/C14H22N2O4S/c1-14(17)7-8-16(11-14)21(18,19)15(2)10-12-5-4-6-13(9-12)20-3/h4-6,9,17H,7-8,10-11H2,1-3H3. The second-order valence-electron chi connectivity index (χ2n) is 5.70. The molecule has 21 heavy (non-hydrogen) atoms. The lowest BCUT2D eigenvalue weighted by atomic mass is 10.1. The van der Waals surface area contributed by atoms with E-state index in [0.717, 1.165) is 5.56 Å². The summed E-state index contributed by atoms with van der Waals surface area (Å²) in [5.41, 5.74) is -0.0875. The van der Waals surface area contributed by atoms with Crippen molar-refractivity contribution in [1.82, 2.24) is 8.61 Å². The average molecular weight is 314 g/mol. The monoisotopic (exact) mass is 314 g/mol. The van der Waals surface area contributed by atoms with Crippen molar-refractivity contribution < 1.29 is 18.3 Å². The summed E-state index contributed by atoms with van der Waals surface area (Å²) in [6.07, 6.45) is 0.458. The molecule has 1 aliphatic rings. The number of ether oxygens (including phenoxy) is 1. The van der Waals surface area contributed by atoms with Crippen molar-refractivity contribution in [2.75, 3.05) is 27.2 Å². The molecule has 0 spiro atoms. The van der Waals surface area contributed by atoms with Gasteiger partial charge in [-0.2, -0.15) is 17.0 Å². The van der Waals surface area contributed by atoms with Gasteiger partial charge in [-0.15, -0.1) is 0 Å². The fraction of sp³-hybridized carbons (Fsp3) is 0.571. The molecule has 0 amide bonds. The molecule has 1 aliphatic heterocycles. The van der Waals surface area contributed by atoms with E-state index in [4.69, 9.17) is 4.74 Å². The maximum atomic E-state index is 12.5. The molecule has 0 bridgehead atoms. The highest BCUT2D eigenvalue weighted by molar-refractivity contribution is 7.86. The van der Waals surface area contributed by atoms with Crippen molar-refractivity contribution >= 4 is 10.2 Å². The first-order valence-corrected chi connectivity index (χ1v) is 8.21. The molecule has 1 saturated heterocycles. The largest absolute Gasteiger partial charge is 0.497 e. The van der Waals surface area contributed by atoms with Crippen LogP contribution in [0, 0.1) is 0 Å². The molecule has 2 rings (SSSR count). The molecule has 0 saturated carbocycles. The zero-order valence-electron chi connectivity index (χ0n) is 12.6. The Hall–Kier alpha value is -1.15. The summed E-state index contributed by atoms with van der Waals surface area (Å²) < 4.78 is 32.7. The van der Waals surface area contributed by atoms with Crippen LogP contribution in [0.1, 0.15) is 18.9 Å². The molecule has 1 unspecified atom stereocenters. The highest BCUT2D eigenvalue weighted by atomic mass is 32.2. The summed E-state index contributed by atoms with van der Waals surface area (Å²) in [5.74, 6) is 0.697. The summed E-state index contributed by atoms with van der Waals surface area (Å²) >= 11 is 0. The number of nitrogens with zero attached hydrogens (tertiary/aromatic N) is 2. The van der Waals surface area contributed by atoms with Gasteiger partial charge < -0.3 is 9.84 Å². The number of rotatable bonds is 5. The van der Waals surface area contributed by atoms with Gasteiger partial charge in [0.05, 0.1) is 12.7 Å². The summed E-state index contributed by atoms with van der Waals surface area (Å²) in [6, 6.07) is 7.31. The van der Waals surface area contributed by atoms with Gasteiger partial charge in [0.15, 0.2) is 0 Å². The molecule has 1 fully saturated rings. The molecular weight excluding hydrogens is 292 g/mol. The minimum Gasteiger partial charge on any atom is -0.497 e. The topological polar surface area (TPSA) is 70.1 Å². The van der Waals surface area contributed by atoms with Gasteiger partial charge in [-0.3, -0.25) is 0 Å². The Labute approximate surface area is 126 Å². The first kappa shape index (κ1) is 16.2. The molecule has 1 N–H and O–H groups in total. The van der Waals surface area contributed by atoms with Gasteiger partial charge >= 0.3 is 0 Å². The lowest BCUT2D eigenvalue weighted by Crippen LogP contribution is -2.42. The van der Waals surface area contributed by atoms with Crippen molar-refractivity contribution in [1.29, 1.82) is 0 Å². The summed E-state index contributed by atoms with van der Waals surface area (Å²) in [5, 5.41) is 9.93. The van der Waals surface area contributed by atoms with Gasteiger partial charge in [-0.1, -0.05) is 12.1 Å². The minimum atomic E-state index is -3.56. The van der Waals surface area contributed by atoms with E-state index in [1.807, 2.05) is 24.3 Å². The number of hydrogen-bond acceptors (Lipinski definition) is 4. The van der Waals surface area contributed by atoms with E-state index in [0.29, 0.717) is 18.7 Å². The van der Waals surface area contributed by atoms with Crippen LogP contribution in [-0.4, -0.2) is 55.0 Å². The fourth-order valence-corrected chi connectivity index (χ4v) is 3.88. The van der Waals surface area contributed by atoms with Crippen LogP contribution in [0.2, 0.25) is 0 Å². The first-order chi connectivity index (χ1) is 9.74. The number of methoxy groups -OCH3 is 1. The van der Waals surface area contributed by atoms with Crippen molar-refractivity contribution in [3.05, 3.63) is 29.8 Å². The van der Waals surface area contributed by atoms with Crippen molar-refractivity contribution in [3.63, 3.8) is 0 Å². The maximum Gasteiger partial charge on any atom is 0.282 e. The highest BCUT2D eigenvalue weighted by Crippen LogP contribution is 2.25. The van der Waals surface area contributed by atoms with Gasteiger partial charge in [0.2, 0.25) is 0 Å². The predicted molar refractivity (Wildman–Crippen MR) is 80.2 cm³/mol. The van der Waals surface area contributed by atoms with Crippen LogP contribution in [0.15, 0.2) is 24.3 Å². The molecule has 0 radical (unpaired) electrons. The van der Waals surface area contributed by atoms with Crippen molar-refractivity contribution in [3.8, 4) is 5.75 Å². The average Bonchev–Trinajstić information content (AvgIpc) is 2.80. The van der Waals surface area contributed by atoms with Crippen LogP contribution in [-0.2, 0) is 16.8 Å². The predicted octanol–water partition coefficient (Wildman–Crippen LogP) is 0.829. The molecular formula is C14H22N2O4S. The molecule has 1 heterocycles. The molecule has 0 aliphatic carbocycles. The Balaban J connectivity index is 2.10. The maximum absolute atomic E-state index is 12.5. The quantitative estimate of drug-likeness (QED) is 0.874. The van der Waals surface area contributed by atoms with Gasteiger partial charge in [0, 0.05) is 26.7 Å². The van der Waals surface area contributed by atoms with E-state index >= 15 is 0 Å². The molecule has 7 heteroatoms. The SMILES string of the molecule is COc1cccc(CN(C)S(=O)(=O)N2CCC(C)(O)C2)c1. The Morgan fingerprint density at radius 1 is 1.48 bits per heavy atom. The van der Waals surface area contributed by atoms with E-state index in [2.05, 4.69) is 0 Å². The lowest BCUT2D eigenvalue weighted by Gasteiger charge is -2.25. The Kier molecular flexibility index (Phi) is 4.57. The van der Waals surface area contributed by atoms with Gasteiger partial charge in [-0.25, -0.2) is 0 Å². The van der Waals surface area contributed by atoms with Crippen LogP contribution >= 0.6 is 0 Å². The Morgan fingerprint density at radius 2 is 2.19 bits per heavy atom. The van der Waals surface area contributed by atoms with Gasteiger partial charge in [-0.05, 0) is 31.0 Å². The molecule has 118 valence electrons. The van der Waals surface area contributed by atoms with Crippen LogP contribution in [0.4, 0.5) is 0 Å². The third kappa shape index (κ3) is 3.74. The molecule has 1 aromatic carbocycles. The number of aliphatic hydroxyl groups is 1. The van der Waals surface area contributed by atoms with Crippen LogP contribution in [0.3, 0.4) is 0 Å². The van der Waals surface area contributed by atoms with Gasteiger partial charge in [0.1, 0.15) is 5.75 Å². The highest BCUT2D eigenvalue weighted by Gasteiger charge is 2.39. The lowest BCUT2D eigenvalue weighted by molar-refractivity contribution is 0.0758. The zero-order chi connectivity index (χ0) is 15.7. The third-order valence-corrected chi connectivity index (χ3v) is 5.56. The second kappa shape index (κ2) is 5.92. The summed E-state index contributed by atoms with van der Waals surface area (Å²) in [4.78, 5) is 0. The zero-order valence-corrected chi connectivity index (χ0v) is 13.4. The van der Waals surface area contributed by atoms with Crippen LogP contribution in [0.25, 0.3) is 0 Å². The van der Waals surface area contributed by atoms with E-state index in [1.165, 1.54) is 8.61 Å². The normalized spacial score (nSPS) is 23.7. The van der Waals surface area contributed by atoms with Crippen molar-refractivity contribution in [2.45, 2.75) is 25.5 Å². The summed E-state index contributed by atoms with van der Waals surface area (Å²) in [7, 11) is -0.443. The van der Waals surface area contributed by atoms with E-state index in [1.54, 1.807) is 21.1 Å². The minimum absolute atomic E-state index is 0.137. The number of β-amino-alcohol motifs (C(OH)–C–C–N with tert-alkyl or cyclic N) is 1. The van der Waals surface area contributed by atoms with Crippen LogP contribution in [0.5, 0.6) is 5.75 Å². The third-order valence-electron chi connectivity index (χ3n) is 3.68. The van der Waals surface area contributed by atoms with Crippen molar-refractivity contribution in [2.24, 2.45) is 0 Å². The molecule has 1 aromatic rings. The smallest absolute Gasteiger partial charge is 0.282 e. The summed E-state index contributed by atoms with van der Waals surface area (Å²) in [6.45, 7) is 2.40. The Morgan fingerprint density at radius 3 is 2.76 bits per heavy atom.